The van der Waals surface area contributed by atoms with Gasteiger partial charge in [-0.3, -0.25) is 0 Å². The summed E-state index contributed by atoms with van der Waals surface area (Å²) in [7, 11) is 0. The van der Waals surface area contributed by atoms with E-state index < -0.39 is 0 Å². The highest BCUT2D eigenvalue weighted by Crippen LogP contribution is 2.27. The predicted octanol–water partition coefficient (Wildman–Crippen LogP) is 5.35. The number of aromatic amines is 1. The number of rotatable bonds is 5. The molecule has 0 unspecified atom stereocenters. The summed E-state index contributed by atoms with van der Waals surface area (Å²) in [5.41, 5.74) is 3.97. The molecule has 2 aromatic carbocycles. The zero-order valence-electron chi connectivity index (χ0n) is 14.1. The van der Waals surface area contributed by atoms with Gasteiger partial charge in [-0.15, -0.1) is 0 Å². The monoisotopic (exact) mass is 344 g/mol. The van der Waals surface area contributed by atoms with Crippen LogP contribution in [-0.4, -0.2) is 16.2 Å². The van der Waals surface area contributed by atoms with Crippen LogP contribution in [0.4, 0.5) is 4.39 Å². The number of fused-ring (bicyclic) bond motifs is 1. The van der Waals surface area contributed by atoms with Crippen LogP contribution in [0.25, 0.3) is 11.0 Å². The Hall–Kier alpha value is -2.14. The molecule has 0 aliphatic rings. The molecule has 0 fully saturated rings. The molecular formula is C19H21FN2OS. The summed E-state index contributed by atoms with van der Waals surface area (Å²) in [5, 5.41) is 0. The third kappa shape index (κ3) is 3.36. The van der Waals surface area contributed by atoms with Crippen molar-refractivity contribution in [2.24, 2.45) is 0 Å². The van der Waals surface area contributed by atoms with E-state index in [0.717, 1.165) is 11.3 Å². The van der Waals surface area contributed by atoms with E-state index in [1.165, 1.54) is 23.3 Å². The van der Waals surface area contributed by atoms with Gasteiger partial charge < -0.3 is 14.3 Å². The third-order valence-electron chi connectivity index (χ3n) is 4.10. The topological polar surface area (TPSA) is 29.9 Å². The molecule has 0 saturated heterocycles. The summed E-state index contributed by atoms with van der Waals surface area (Å²) in [4.78, 5) is 3.04. The highest BCUT2D eigenvalue weighted by Gasteiger charge is 2.09. The zero-order chi connectivity index (χ0) is 17.3. The number of halogens is 1. The second-order valence-corrected chi connectivity index (χ2v) is 6.67. The van der Waals surface area contributed by atoms with Crippen LogP contribution < -0.4 is 4.74 Å². The van der Waals surface area contributed by atoms with E-state index in [4.69, 9.17) is 17.0 Å². The van der Waals surface area contributed by atoms with Crippen molar-refractivity contribution in [2.45, 2.75) is 33.2 Å². The van der Waals surface area contributed by atoms with Crippen LogP contribution in [0.15, 0.2) is 36.4 Å². The summed E-state index contributed by atoms with van der Waals surface area (Å²) < 4.78 is 21.9. The van der Waals surface area contributed by atoms with Gasteiger partial charge in [0, 0.05) is 0 Å². The van der Waals surface area contributed by atoms with Gasteiger partial charge in [-0.25, -0.2) is 4.39 Å². The molecule has 1 heterocycles. The van der Waals surface area contributed by atoms with E-state index >= 15 is 0 Å². The number of imidazole rings is 1. The maximum Gasteiger partial charge on any atom is 0.178 e. The lowest BCUT2D eigenvalue weighted by molar-refractivity contribution is 0.295. The van der Waals surface area contributed by atoms with Crippen LogP contribution in [0.5, 0.6) is 5.75 Å². The number of nitrogens with zero attached hydrogens (tertiary/aromatic N) is 1. The lowest BCUT2D eigenvalue weighted by Crippen LogP contribution is -2.09. The predicted molar refractivity (Wildman–Crippen MR) is 97.8 cm³/mol. The van der Waals surface area contributed by atoms with Crippen LogP contribution in [-0.2, 0) is 6.54 Å². The number of benzene rings is 2. The average Bonchev–Trinajstić information content (AvgIpc) is 2.82. The largest absolute Gasteiger partial charge is 0.491 e. The first kappa shape index (κ1) is 16.7. The second kappa shape index (κ2) is 6.77. The van der Waals surface area contributed by atoms with Gasteiger partial charge in [-0.05, 0) is 60.5 Å². The van der Waals surface area contributed by atoms with Crippen LogP contribution in [0.3, 0.4) is 0 Å². The van der Waals surface area contributed by atoms with Gasteiger partial charge in [0.1, 0.15) is 18.2 Å². The van der Waals surface area contributed by atoms with Gasteiger partial charge in [0.2, 0.25) is 0 Å². The molecule has 5 heteroatoms. The first-order chi connectivity index (χ1) is 11.5. The standard InChI is InChI=1S/C19H21FN2OS/c1-12(2)15-6-4-13(3)10-18(15)23-9-8-22-17-7-5-14(20)11-16(17)21-19(22)24/h4-7,10-12H,8-9H2,1-3H3,(H,21,24). The van der Waals surface area contributed by atoms with Gasteiger partial charge in [0.15, 0.2) is 4.77 Å². The van der Waals surface area contributed by atoms with Crippen molar-refractivity contribution >= 4 is 23.3 Å². The Morgan fingerprint density at radius 2 is 2.00 bits per heavy atom. The molecule has 3 aromatic rings. The van der Waals surface area contributed by atoms with Crippen molar-refractivity contribution in [3.63, 3.8) is 0 Å². The molecule has 3 rings (SSSR count). The van der Waals surface area contributed by atoms with Gasteiger partial charge in [-0.1, -0.05) is 26.0 Å². The van der Waals surface area contributed by atoms with Crippen molar-refractivity contribution in [1.82, 2.24) is 9.55 Å². The summed E-state index contributed by atoms with van der Waals surface area (Å²) >= 11 is 5.34. The van der Waals surface area contributed by atoms with Crippen LogP contribution in [0.2, 0.25) is 0 Å². The number of hydrogen-bond donors (Lipinski definition) is 1. The molecule has 1 aromatic heterocycles. The zero-order valence-corrected chi connectivity index (χ0v) is 14.9. The molecule has 1 N–H and O–H groups in total. The summed E-state index contributed by atoms with van der Waals surface area (Å²) in [5.74, 6) is 1.05. The highest BCUT2D eigenvalue weighted by molar-refractivity contribution is 7.71. The fraction of sp³-hybridized carbons (Fsp3) is 0.316. The smallest absolute Gasteiger partial charge is 0.178 e. The molecule has 0 radical (unpaired) electrons. The quantitative estimate of drug-likeness (QED) is 0.632. The fourth-order valence-electron chi connectivity index (χ4n) is 2.85. The SMILES string of the molecule is Cc1ccc(C(C)C)c(OCCn2c(=S)[nH]c3cc(F)ccc32)c1. The molecule has 0 spiro atoms. The van der Waals surface area contributed by atoms with Gasteiger partial charge in [0.05, 0.1) is 17.6 Å². The van der Waals surface area contributed by atoms with Gasteiger partial charge in [0.25, 0.3) is 0 Å². The minimum Gasteiger partial charge on any atom is -0.491 e. The van der Waals surface area contributed by atoms with Crippen molar-refractivity contribution in [1.29, 1.82) is 0 Å². The molecule has 0 bridgehead atoms. The van der Waals surface area contributed by atoms with E-state index in [1.54, 1.807) is 6.07 Å². The molecule has 0 saturated carbocycles. The second-order valence-electron chi connectivity index (χ2n) is 6.29. The Balaban J connectivity index is 1.79. The summed E-state index contributed by atoms with van der Waals surface area (Å²) in [6.07, 6.45) is 0. The molecular weight excluding hydrogens is 323 g/mol. The number of nitrogens with one attached hydrogen (secondary N) is 1. The van der Waals surface area contributed by atoms with Crippen molar-refractivity contribution < 1.29 is 9.13 Å². The maximum atomic E-state index is 13.3. The molecule has 0 aliphatic carbocycles. The number of aromatic nitrogens is 2. The normalized spacial score (nSPS) is 11.4. The lowest BCUT2D eigenvalue weighted by atomic mass is 10.0. The van der Waals surface area contributed by atoms with Crippen molar-refractivity contribution in [3.8, 4) is 5.75 Å². The number of H-pyrrole nitrogens is 1. The molecule has 0 amide bonds. The van der Waals surface area contributed by atoms with Crippen LogP contribution >= 0.6 is 12.2 Å². The van der Waals surface area contributed by atoms with Crippen molar-refractivity contribution in [2.75, 3.05) is 6.61 Å². The summed E-state index contributed by atoms with van der Waals surface area (Å²) in [6.45, 7) is 7.47. The number of aryl methyl sites for hydroxylation is 1. The third-order valence-corrected chi connectivity index (χ3v) is 4.42. The molecule has 126 valence electrons. The van der Waals surface area contributed by atoms with Gasteiger partial charge in [-0.2, -0.15) is 0 Å². The Kier molecular flexibility index (Phi) is 4.71. The van der Waals surface area contributed by atoms with E-state index in [0.29, 0.717) is 29.4 Å². The van der Waals surface area contributed by atoms with E-state index in [2.05, 4.69) is 44.0 Å². The number of hydrogen-bond acceptors (Lipinski definition) is 2. The van der Waals surface area contributed by atoms with E-state index in [9.17, 15) is 4.39 Å². The highest BCUT2D eigenvalue weighted by atomic mass is 32.1. The van der Waals surface area contributed by atoms with E-state index in [-0.39, 0.29) is 5.82 Å². The molecule has 0 atom stereocenters. The first-order valence-corrected chi connectivity index (χ1v) is 8.48. The Labute approximate surface area is 146 Å². The van der Waals surface area contributed by atoms with Crippen LogP contribution in [0, 0.1) is 17.5 Å². The fourth-order valence-corrected chi connectivity index (χ4v) is 3.15. The van der Waals surface area contributed by atoms with Crippen LogP contribution in [0.1, 0.15) is 30.9 Å². The summed E-state index contributed by atoms with van der Waals surface area (Å²) in [6, 6.07) is 10.9. The Bertz CT molecular complexity index is 927. The maximum absolute atomic E-state index is 13.3. The number of ether oxygens (including phenoxy) is 1. The average molecular weight is 344 g/mol. The minimum absolute atomic E-state index is 0.275. The van der Waals surface area contributed by atoms with Gasteiger partial charge >= 0.3 is 0 Å². The molecule has 0 aliphatic heterocycles. The minimum atomic E-state index is -0.275. The Morgan fingerprint density at radius 3 is 2.75 bits per heavy atom. The molecule has 24 heavy (non-hydrogen) atoms. The first-order valence-electron chi connectivity index (χ1n) is 8.07. The Morgan fingerprint density at radius 1 is 1.21 bits per heavy atom. The van der Waals surface area contributed by atoms with Crippen molar-refractivity contribution in [3.05, 3.63) is 58.1 Å². The molecule has 3 nitrogen and oxygen atoms in total. The lowest BCUT2D eigenvalue weighted by Gasteiger charge is -2.15. The van der Waals surface area contributed by atoms with E-state index in [1.807, 2.05) is 4.57 Å².